The molecule has 160 valence electrons. The number of anilines is 2. The molecule has 2 heterocycles. The van der Waals surface area contributed by atoms with E-state index in [4.69, 9.17) is 4.74 Å². The second-order valence-corrected chi connectivity index (χ2v) is 6.96. The van der Waals surface area contributed by atoms with Gasteiger partial charge in [-0.25, -0.2) is 9.78 Å². The molecule has 3 rings (SSSR count). The van der Waals surface area contributed by atoms with E-state index in [1.807, 2.05) is 13.0 Å². The van der Waals surface area contributed by atoms with Gasteiger partial charge < -0.3 is 15.4 Å². The van der Waals surface area contributed by atoms with Crippen LogP contribution in [0.25, 0.3) is 0 Å². The summed E-state index contributed by atoms with van der Waals surface area (Å²) < 4.78 is 5.34. The Kier molecular flexibility index (Phi) is 8.10. The second kappa shape index (κ2) is 11.2. The van der Waals surface area contributed by atoms with Crippen LogP contribution >= 0.6 is 0 Å². The summed E-state index contributed by atoms with van der Waals surface area (Å²) in [6.45, 7) is 7.02. The number of benzene rings is 1. The van der Waals surface area contributed by atoms with E-state index >= 15 is 0 Å². The van der Waals surface area contributed by atoms with Crippen molar-refractivity contribution in [3.63, 3.8) is 0 Å². The van der Waals surface area contributed by atoms with E-state index in [0.717, 1.165) is 44.8 Å². The Morgan fingerprint density at radius 2 is 2.00 bits per heavy atom. The highest BCUT2D eigenvalue weighted by atomic mass is 16.5. The summed E-state index contributed by atoms with van der Waals surface area (Å²) in [6, 6.07) is 4.87. The molecule has 1 aliphatic heterocycles. The fraction of sp³-hybridized carbons (Fsp3) is 0.429. The lowest BCUT2D eigenvalue weighted by molar-refractivity contribution is 0.0374. The lowest BCUT2D eigenvalue weighted by atomic mass is 10.1. The van der Waals surface area contributed by atoms with Crippen LogP contribution in [0.5, 0.6) is 0 Å². The van der Waals surface area contributed by atoms with Crippen LogP contribution in [-0.2, 0) is 11.2 Å². The average Bonchev–Trinajstić information content (AvgIpc) is 2.78. The van der Waals surface area contributed by atoms with E-state index in [-0.39, 0.29) is 5.91 Å². The van der Waals surface area contributed by atoms with Crippen LogP contribution in [0.2, 0.25) is 0 Å². The molecule has 9 nitrogen and oxygen atoms in total. The summed E-state index contributed by atoms with van der Waals surface area (Å²) >= 11 is 0. The fourth-order valence-electron chi connectivity index (χ4n) is 3.21. The van der Waals surface area contributed by atoms with Crippen LogP contribution < -0.4 is 16.0 Å². The Morgan fingerprint density at radius 1 is 1.17 bits per heavy atom. The van der Waals surface area contributed by atoms with E-state index in [9.17, 15) is 9.59 Å². The highest BCUT2D eigenvalue weighted by Crippen LogP contribution is 2.19. The van der Waals surface area contributed by atoms with Crippen LogP contribution in [0.1, 0.15) is 29.3 Å². The standard InChI is InChI=1S/C21H28N6O3/c1-2-16-14-17(20(28)24-6-3-9-27-10-12-30-13-11-27)4-5-18(16)25-21(29)26-19-15-22-7-8-23-19/h4-5,7-8,14-15H,2-3,6,9-13H2,1H3,(H,24,28)(H2,23,25,26,29). The van der Waals surface area contributed by atoms with Crippen LogP contribution in [0.15, 0.2) is 36.8 Å². The Hall–Kier alpha value is -3.04. The second-order valence-electron chi connectivity index (χ2n) is 6.96. The van der Waals surface area contributed by atoms with E-state index < -0.39 is 6.03 Å². The van der Waals surface area contributed by atoms with Crippen LogP contribution in [-0.4, -0.2) is 66.2 Å². The molecule has 0 radical (unpaired) electrons. The van der Waals surface area contributed by atoms with Crippen molar-refractivity contribution < 1.29 is 14.3 Å². The number of aromatic nitrogens is 2. The molecule has 1 aromatic carbocycles. The SMILES string of the molecule is CCc1cc(C(=O)NCCCN2CCOCC2)ccc1NC(=O)Nc1cnccn1. The molecule has 0 bridgehead atoms. The zero-order valence-electron chi connectivity index (χ0n) is 17.2. The van der Waals surface area contributed by atoms with Gasteiger partial charge in [0.15, 0.2) is 5.82 Å². The van der Waals surface area contributed by atoms with Gasteiger partial charge in [-0.3, -0.25) is 20.0 Å². The maximum atomic E-state index is 12.5. The van der Waals surface area contributed by atoms with Crippen LogP contribution in [0.3, 0.4) is 0 Å². The first-order chi connectivity index (χ1) is 14.7. The third-order valence-corrected chi connectivity index (χ3v) is 4.84. The smallest absolute Gasteiger partial charge is 0.324 e. The molecule has 3 amide bonds. The number of morpholine rings is 1. The predicted octanol–water partition coefficient (Wildman–Crippen LogP) is 2.14. The van der Waals surface area contributed by atoms with Gasteiger partial charge in [-0.1, -0.05) is 6.92 Å². The van der Waals surface area contributed by atoms with Gasteiger partial charge >= 0.3 is 6.03 Å². The predicted molar refractivity (Wildman–Crippen MR) is 115 cm³/mol. The minimum Gasteiger partial charge on any atom is -0.379 e. The number of ether oxygens (including phenoxy) is 1. The molecule has 0 atom stereocenters. The quantitative estimate of drug-likeness (QED) is 0.573. The van der Waals surface area contributed by atoms with Gasteiger partial charge in [0.25, 0.3) is 5.91 Å². The molecule has 1 aliphatic rings. The average molecular weight is 412 g/mol. The van der Waals surface area contributed by atoms with E-state index in [2.05, 4.69) is 30.8 Å². The van der Waals surface area contributed by atoms with Gasteiger partial charge in [0.1, 0.15) is 0 Å². The number of carbonyl (C=O) groups excluding carboxylic acids is 2. The largest absolute Gasteiger partial charge is 0.379 e. The molecule has 1 saturated heterocycles. The first-order valence-electron chi connectivity index (χ1n) is 10.2. The third kappa shape index (κ3) is 6.50. The van der Waals surface area contributed by atoms with Gasteiger partial charge in [0.2, 0.25) is 0 Å². The van der Waals surface area contributed by atoms with Crippen molar-refractivity contribution in [3.05, 3.63) is 47.9 Å². The number of nitrogens with one attached hydrogen (secondary N) is 3. The first kappa shape index (κ1) is 21.7. The summed E-state index contributed by atoms with van der Waals surface area (Å²) in [4.78, 5) is 34.9. The summed E-state index contributed by atoms with van der Waals surface area (Å²) in [5, 5.41) is 8.40. The molecule has 30 heavy (non-hydrogen) atoms. The van der Waals surface area contributed by atoms with E-state index in [0.29, 0.717) is 30.0 Å². The van der Waals surface area contributed by atoms with Crippen LogP contribution in [0.4, 0.5) is 16.3 Å². The van der Waals surface area contributed by atoms with Crippen molar-refractivity contribution in [1.82, 2.24) is 20.2 Å². The zero-order valence-corrected chi connectivity index (χ0v) is 17.2. The lowest BCUT2D eigenvalue weighted by Crippen LogP contribution is -2.38. The van der Waals surface area contributed by atoms with Crippen molar-refractivity contribution in [2.24, 2.45) is 0 Å². The number of carbonyl (C=O) groups is 2. The molecule has 1 aromatic heterocycles. The third-order valence-electron chi connectivity index (χ3n) is 4.84. The maximum Gasteiger partial charge on any atom is 0.324 e. The lowest BCUT2D eigenvalue weighted by Gasteiger charge is -2.26. The maximum absolute atomic E-state index is 12.5. The molecule has 9 heteroatoms. The molecule has 2 aromatic rings. The van der Waals surface area contributed by atoms with E-state index in [1.165, 1.54) is 18.6 Å². The fourth-order valence-corrected chi connectivity index (χ4v) is 3.21. The van der Waals surface area contributed by atoms with Gasteiger partial charge in [0.05, 0.1) is 19.4 Å². The summed E-state index contributed by atoms with van der Waals surface area (Å²) in [5.74, 6) is 0.253. The zero-order chi connectivity index (χ0) is 21.2. The summed E-state index contributed by atoms with van der Waals surface area (Å²) in [6.07, 6.45) is 6.08. The number of nitrogens with zero attached hydrogens (tertiary/aromatic N) is 3. The highest BCUT2D eigenvalue weighted by molar-refractivity contribution is 6.00. The Labute approximate surface area is 176 Å². The monoisotopic (exact) mass is 412 g/mol. The number of hydrogen-bond donors (Lipinski definition) is 3. The van der Waals surface area contributed by atoms with Gasteiger partial charge in [-0.15, -0.1) is 0 Å². The molecule has 3 N–H and O–H groups in total. The minimum absolute atomic E-state index is 0.109. The van der Waals surface area contributed by atoms with Gasteiger partial charge in [0, 0.05) is 43.3 Å². The van der Waals surface area contributed by atoms with Gasteiger partial charge in [-0.05, 0) is 43.1 Å². The number of hydrogen-bond acceptors (Lipinski definition) is 6. The molecule has 0 aliphatic carbocycles. The summed E-state index contributed by atoms with van der Waals surface area (Å²) in [5.41, 5.74) is 2.12. The van der Waals surface area contributed by atoms with Crippen molar-refractivity contribution in [1.29, 1.82) is 0 Å². The Morgan fingerprint density at radius 3 is 2.73 bits per heavy atom. The minimum atomic E-state index is -0.412. The number of aryl methyl sites for hydroxylation is 1. The Balaban J connectivity index is 1.49. The normalized spacial score (nSPS) is 14.2. The number of amides is 3. The molecule has 0 unspecified atom stereocenters. The van der Waals surface area contributed by atoms with Crippen molar-refractivity contribution in [3.8, 4) is 0 Å². The first-order valence-corrected chi connectivity index (χ1v) is 10.2. The molecular formula is C21H28N6O3. The van der Waals surface area contributed by atoms with Crippen molar-refractivity contribution in [2.75, 3.05) is 50.0 Å². The Bertz CT molecular complexity index is 840. The number of urea groups is 1. The number of rotatable bonds is 8. The van der Waals surface area contributed by atoms with E-state index in [1.54, 1.807) is 12.1 Å². The topological polar surface area (TPSA) is 108 Å². The highest BCUT2D eigenvalue weighted by Gasteiger charge is 2.12. The molecular weight excluding hydrogens is 384 g/mol. The summed E-state index contributed by atoms with van der Waals surface area (Å²) in [7, 11) is 0. The molecule has 0 saturated carbocycles. The van der Waals surface area contributed by atoms with Gasteiger partial charge in [-0.2, -0.15) is 0 Å². The van der Waals surface area contributed by atoms with Crippen molar-refractivity contribution in [2.45, 2.75) is 19.8 Å². The van der Waals surface area contributed by atoms with Crippen molar-refractivity contribution >= 4 is 23.4 Å². The molecule has 0 spiro atoms. The van der Waals surface area contributed by atoms with Crippen LogP contribution in [0, 0.1) is 0 Å². The molecule has 1 fully saturated rings.